The molecule has 4 amide bonds. The molecular formula is C20H25ClN4O3. The molecule has 8 heteroatoms. The quantitative estimate of drug-likeness (QED) is 0.758. The number of rotatable bonds is 5. The van der Waals surface area contributed by atoms with E-state index in [2.05, 4.69) is 10.2 Å². The van der Waals surface area contributed by atoms with Crippen molar-refractivity contribution in [2.45, 2.75) is 31.8 Å². The fourth-order valence-electron chi connectivity index (χ4n) is 4.04. The number of hydrogen-bond donors (Lipinski definition) is 1. The maximum absolute atomic E-state index is 12.7. The molecule has 3 aliphatic rings. The first-order valence-electron chi connectivity index (χ1n) is 9.75. The molecule has 1 aromatic carbocycles. The number of benzene rings is 1. The SMILES string of the molecule is CC1(C2CC2)NC(=O)N(CC(=O)N2CCN(Cc3ccc(Cl)cc3)CC2)C1=O. The van der Waals surface area contributed by atoms with Gasteiger partial charge in [-0.05, 0) is 43.4 Å². The lowest BCUT2D eigenvalue weighted by Gasteiger charge is -2.35. The van der Waals surface area contributed by atoms with Gasteiger partial charge < -0.3 is 10.2 Å². The van der Waals surface area contributed by atoms with Crippen LogP contribution in [-0.2, 0) is 16.1 Å². The maximum atomic E-state index is 12.7. The zero-order chi connectivity index (χ0) is 19.9. The predicted octanol–water partition coefficient (Wildman–Crippen LogP) is 1.70. The van der Waals surface area contributed by atoms with Crippen molar-refractivity contribution in [1.82, 2.24) is 20.0 Å². The summed E-state index contributed by atoms with van der Waals surface area (Å²) in [6.07, 6.45) is 1.89. The Morgan fingerprint density at radius 1 is 1.14 bits per heavy atom. The van der Waals surface area contributed by atoms with Gasteiger partial charge in [-0.15, -0.1) is 0 Å². The summed E-state index contributed by atoms with van der Waals surface area (Å²) in [5.41, 5.74) is 0.345. The summed E-state index contributed by atoms with van der Waals surface area (Å²) in [5.74, 6) is -0.245. The summed E-state index contributed by atoms with van der Waals surface area (Å²) in [6.45, 7) is 5.11. The summed E-state index contributed by atoms with van der Waals surface area (Å²) in [6, 6.07) is 7.32. The van der Waals surface area contributed by atoms with Gasteiger partial charge in [-0.2, -0.15) is 0 Å². The Morgan fingerprint density at radius 3 is 2.39 bits per heavy atom. The number of urea groups is 1. The highest BCUT2D eigenvalue weighted by molar-refractivity contribution is 6.30. The van der Waals surface area contributed by atoms with Crippen molar-refractivity contribution in [1.29, 1.82) is 0 Å². The average molecular weight is 405 g/mol. The minimum absolute atomic E-state index is 0.172. The van der Waals surface area contributed by atoms with Crippen LogP contribution in [0.1, 0.15) is 25.3 Å². The zero-order valence-corrected chi connectivity index (χ0v) is 16.7. The van der Waals surface area contributed by atoms with Crippen molar-refractivity contribution in [3.63, 3.8) is 0 Å². The maximum Gasteiger partial charge on any atom is 0.325 e. The van der Waals surface area contributed by atoms with Crippen LogP contribution >= 0.6 is 11.6 Å². The van der Waals surface area contributed by atoms with Gasteiger partial charge in [0.1, 0.15) is 12.1 Å². The van der Waals surface area contributed by atoms with E-state index in [1.807, 2.05) is 24.3 Å². The zero-order valence-electron chi connectivity index (χ0n) is 16.0. The molecule has 0 spiro atoms. The molecule has 7 nitrogen and oxygen atoms in total. The number of nitrogens with zero attached hydrogens (tertiary/aromatic N) is 3. The van der Waals surface area contributed by atoms with Crippen LogP contribution in [0.2, 0.25) is 5.02 Å². The van der Waals surface area contributed by atoms with E-state index in [1.165, 1.54) is 5.56 Å². The molecule has 2 saturated heterocycles. The predicted molar refractivity (Wildman–Crippen MR) is 105 cm³/mol. The molecule has 1 atom stereocenters. The Bertz CT molecular complexity index is 787. The molecular weight excluding hydrogens is 380 g/mol. The number of piperazine rings is 1. The summed E-state index contributed by atoms with van der Waals surface area (Å²) in [4.78, 5) is 42.7. The smallest absolute Gasteiger partial charge is 0.325 e. The number of halogens is 1. The number of nitrogens with one attached hydrogen (secondary N) is 1. The van der Waals surface area contributed by atoms with Gasteiger partial charge in [0.2, 0.25) is 5.91 Å². The Hall–Kier alpha value is -2.12. The number of amides is 4. The normalized spacial score (nSPS) is 25.9. The highest BCUT2D eigenvalue weighted by atomic mass is 35.5. The third-order valence-corrected chi connectivity index (χ3v) is 6.28. The van der Waals surface area contributed by atoms with Crippen LogP contribution in [0.25, 0.3) is 0 Å². The van der Waals surface area contributed by atoms with Gasteiger partial charge in [0.25, 0.3) is 5.91 Å². The van der Waals surface area contributed by atoms with Gasteiger partial charge in [-0.1, -0.05) is 23.7 Å². The molecule has 1 N–H and O–H groups in total. The number of hydrogen-bond acceptors (Lipinski definition) is 4. The average Bonchev–Trinajstić information content (AvgIpc) is 3.50. The molecule has 1 aliphatic carbocycles. The lowest BCUT2D eigenvalue weighted by Crippen LogP contribution is -2.52. The molecule has 28 heavy (non-hydrogen) atoms. The van der Waals surface area contributed by atoms with Crippen molar-refractivity contribution < 1.29 is 14.4 Å². The fraction of sp³-hybridized carbons (Fsp3) is 0.550. The van der Waals surface area contributed by atoms with Crippen LogP contribution in [0.15, 0.2) is 24.3 Å². The Balaban J connectivity index is 1.29. The standard InChI is InChI=1S/C20H25ClN4O3/c1-20(15-4-5-15)18(27)25(19(28)22-20)13-17(26)24-10-8-23(9-11-24)12-14-2-6-16(21)7-3-14/h2-3,6-7,15H,4-5,8-13H2,1H3,(H,22,28). The molecule has 0 aromatic heterocycles. The van der Waals surface area contributed by atoms with Crippen LogP contribution in [0.4, 0.5) is 4.79 Å². The lowest BCUT2D eigenvalue weighted by molar-refractivity contribution is -0.140. The molecule has 0 radical (unpaired) electrons. The van der Waals surface area contributed by atoms with Crippen LogP contribution in [0.5, 0.6) is 0 Å². The van der Waals surface area contributed by atoms with E-state index in [0.717, 1.165) is 42.4 Å². The van der Waals surface area contributed by atoms with Crippen LogP contribution in [-0.4, -0.2) is 70.8 Å². The second-order valence-electron chi connectivity index (χ2n) is 8.08. The topological polar surface area (TPSA) is 73.0 Å². The number of imide groups is 1. The van der Waals surface area contributed by atoms with E-state index in [-0.39, 0.29) is 24.3 Å². The first-order chi connectivity index (χ1) is 13.4. The van der Waals surface area contributed by atoms with E-state index < -0.39 is 11.6 Å². The summed E-state index contributed by atoms with van der Waals surface area (Å²) >= 11 is 5.92. The first-order valence-corrected chi connectivity index (χ1v) is 10.1. The van der Waals surface area contributed by atoms with Gasteiger partial charge in [0.15, 0.2) is 0 Å². The third-order valence-electron chi connectivity index (χ3n) is 6.03. The molecule has 1 saturated carbocycles. The van der Waals surface area contributed by atoms with E-state index in [0.29, 0.717) is 13.1 Å². The van der Waals surface area contributed by atoms with Gasteiger partial charge in [-0.25, -0.2) is 4.79 Å². The molecule has 3 fully saturated rings. The molecule has 1 aromatic rings. The Labute approximate surface area is 169 Å². The molecule has 2 aliphatic heterocycles. The van der Waals surface area contributed by atoms with Crippen molar-refractivity contribution in [2.24, 2.45) is 5.92 Å². The summed E-state index contributed by atoms with van der Waals surface area (Å²) in [7, 11) is 0. The highest BCUT2D eigenvalue weighted by Crippen LogP contribution is 2.42. The molecule has 0 bridgehead atoms. The minimum Gasteiger partial charge on any atom is -0.339 e. The Morgan fingerprint density at radius 2 is 1.79 bits per heavy atom. The van der Waals surface area contributed by atoms with Crippen LogP contribution < -0.4 is 5.32 Å². The molecule has 1 unspecified atom stereocenters. The van der Waals surface area contributed by atoms with Gasteiger partial charge in [0, 0.05) is 37.7 Å². The van der Waals surface area contributed by atoms with Gasteiger partial charge in [-0.3, -0.25) is 19.4 Å². The largest absolute Gasteiger partial charge is 0.339 e. The van der Waals surface area contributed by atoms with Gasteiger partial charge in [0.05, 0.1) is 0 Å². The lowest BCUT2D eigenvalue weighted by atomic mass is 9.96. The summed E-state index contributed by atoms with van der Waals surface area (Å²) in [5, 5.41) is 3.51. The second-order valence-corrected chi connectivity index (χ2v) is 8.52. The number of carbonyl (C=O) groups is 3. The third kappa shape index (κ3) is 3.73. The summed E-state index contributed by atoms with van der Waals surface area (Å²) < 4.78 is 0. The highest BCUT2D eigenvalue weighted by Gasteiger charge is 2.56. The molecule has 2 heterocycles. The Kier molecular flexibility index (Phi) is 5.05. The fourth-order valence-corrected chi connectivity index (χ4v) is 4.16. The van der Waals surface area contributed by atoms with Crippen molar-refractivity contribution in [3.8, 4) is 0 Å². The van der Waals surface area contributed by atoms with Gasteiger partial charge >= 0.3 is 6.03 Å². The van der Waals surface area contributed by atoms with Crippen LogP contribution in [0, 0.1) is 5.92 Å². The van der Waals surface area contributed by atoms with E-state index in [1.54, 1.807) is 11.8 Å². The number of carbonyl (C=O) groups excluding carboxylic acids is 3. The van der Waals surface area contributed by atoms with E-state index in [4.69, 9.17) is 11.6 Å². The van der Waals surface area contributed by atoms with Crippen molar-refractivity contribution >= 4 is 29.4 Å². The van der Waals surface area contributed by atoms with E-state index >= 15 is 0 Å². The monoisotopic (exact) mass is 404 g/mol. The van der Waals surface area contributed by atoms with Crippen LogP contribution in [0.3, 0.4) is 0 Å². The molecule has 150 valence electrons. The van der Waals surface area contributed by atoms with Crippen molar-refractivity contribution in [2.75, 3.05) is 32.7 Å². The molecule has 4 rings (SSSR count). The van der Waals surface area contributed by atoms with Crippen molar-refractivity contribution in [3.05, 3.63) is 34.9 Å². The first kappa shape index (κ1) is 19.2. The van der Waals surface area contributed by atoms with E-state index in [9.17, 15) is 14.4 Å². The minimum atomic E-state index is -0.839. The second kappa shape index (κ2) is 7.37.